The second-order valence-electron chi connectivity index (χ2n) is 7.77. The van der Waals surface area contributed by atoms with Crippen LogP contribution in [0.25, 0.3) is 17.0 Å². The molecule has 1 saturated heterocycles. The molecule has 0 aliphatic carbocycles. The van der Waals surface area contributed by atoms with Gasteiger partial charge in [-0.2, -0.15) is 0 Å². The third-order valence-corrected chi connectivity index (χ3v) is 6.55. The maximum absolute atomic E-state index is 13.0. The van der Waals surface area contributed by atoms with E-state index in [0.29, 0.717) is 29.3 Å². The van der Waals surface area contributed by atoms with Gasteiger partial charge in [0.15, 0.2) is 5.78 Å². The molecule has 180 valence electrons. The van der Waals surface area contributed by atoms with Gasteiger partial charge < -0.3 is 14.6 Å². The van der Waals surface area contributed by atoms with E-state index in [-0.39, 0.29) is 29.7 Å². The van der Waals surface area contributed by atoms with Crippen LogP contribution in [-0.2, 0) is 20.9 Å². The Kier molecular flexibility index (Phi) is 7.70. The fourth-order valence-electron chi connectivity index (χ4n) is 3.67. The lowest BCUT2D eigenvalue weighted by atomic mass is 10.1. The number of Topliss-reactive ketones (excluding diaryl/α,β-unsaturated/α-hetero) is 1. The van der Waals surface area contributed by atoms with Gasteiger partial charge >= 0.3 is 0 Å². The Bertz CT molecular complexity index is 1330. The largest absolute Gasteiger partial charge is 0.383 e. The van der Waals surface area contributed by atoms with Crippen LogP contribution in [0.4, 0.5) is 4.79 Å². The minimum atomic E-state index is -0.531. The van der Waals surface area contributed by atoms with E-state index in [1.165, 1.54) is 0 Å². The number of imide groups is 1. The minimum Gasteiger partial charge on any atom is -0.383 e. The fourth-order valence-corrected chi connectivity index (χ4v) is 4.63. The van der Waals surface area contributed by atoms with Crippen molar-refractivity contribution >= 4 is 63.2 Å². The van der Waals surface area contributed by atoms with E-state index in [4.69, 9.17) is 16.3 Å². The molecule has 4 rings (SSSR count). The van der Waals surface area contributed by atoms with Gasteiger partial charge in [0.25, 0.3) is 11.1 Å². The number of para-hydroxylation sites is 1. The summed E-state index contributed by atoms with van der Waals surface area (Å²) in [5.74, 6) is -1.06. The first kappa shape index (κ1) is 24.7. The van der Waals surface area contributed by atoms with Crippen LogP contribution in [-0.4, -0.2) is 59.1 Å². The van der Waals surface area contributed by atoms with Gasteiger partial charge in [0.1, 0.15) is 6.54 Å². The molecule has 1 aliphatic rings. The number of rotatable bonds is 9. The Hall–Kier alpha value is -3.40. The number of halogens is 1. The van der Waals surface area contributed by atoms with E-state index in [1.807, 2.05) is 24.3 Å². The molecular formula is C25H22ClN3O5S. The van der Waals surface area contributed by atoms with Gasteiger partial charge in [-0.15, -0.1) is 0 Å². The Balaban J connectivity index is 1.54. The van der Waals surface area contributed by atoms with E-state index in [2.05, 4.69) is 5.32 Å². The van der Waals surface area contributed by atoms with Crippen molar-refractivity contribution < 1.29 is 23.9 Å². The first-order valence-electron chi connectivity index (χ1n) is 10.7. The average Bonchev–Trinajstić information content (AvgIpc) is 3.31. The lowest BCUT2D eigenvalue weighted by Gasteiger charge is -2.11. The highest BCUT2D eigenvalue weighted by Gasteiger charge is 2.36. The van der Waals surface area contributed by atoms with Crippen molar-refractivity contribution in [3.05, 3.63) is 75.8 Å². The van der Waals surface area contributed by atoms with Crippen LogP contribution < -0.4 is 5.32 Å². The predicted molar refractivity (Wildman–Crippen MR) is 135 cm³/mol. The second kappa shape index (κ2) is 10.9. The van der Waals surface area contributed by atoms with E-state index < -0.39 is 11.1 Å². The van der Waals surface area contributed by atoms with E-state index in [0.717, 1.165) is 27.6 Å². The summed E-state index contributed by atoms with van der Waals surface area (Å²) in [5, 5.41) is 3.60. The van der Waals surface area contributed by atoms with Crippen molar-refractivity contribution in [2.75, 3.05) is 26.8 Å². The Morgan fingerprint density at radius 2 is 1.83 bits per heavy atom. The van der Waals surface area contributed by atoms with Crippen LogP contribution in [0.5, 0.6) is 0 Å². The van der Waals surface area contributed by atoms with Crippen molar-refractivity contribution in [3.8, 4) is 0 Å². The lowest BCUT2D eigenvalue weighted by Crippen LogP contribution is -2.33. The third-order valence-electron chi connectivity index (χ3n) is 5.39. The summed E-state index contributed by atoms with van der Waals surface area (Å²) in [6.07, 6.45) is 3.40. The number of benzene rings is 2. The van der Waals surface area contributed by atoms with E-state index >= 15 is 0 Å². The molecule has 2 heterocycles. The van der Waals surface area contributed by atoms with Crippen LogP contribution in [0.2, 0.25) is 5.02 Å². The van der Waals surface area contributed by atoms with Crippen LogP contribution >= 0.6 is 23.4 Å². The third kappa shape index (κ3) is 5.64. The van der Waals surface area contributed by atoms with Crippen molar-refractivity contribution in [3.63, 3.8) is 0 Å². The number of hydrogen-bond donors (Lipinski definition) is 1. The second-order valence-corrected chi connectivity index (χ2v) is 9.20. The molecule has 0 radical (unpaired) electrons. The summed E-state index contributed by atoms with van der Waals surface area (Å²) in [6.45, 7) is 0.561. The number of nitrogens with one attached hydrogen (secondary N) is 1. The molecule has 0 spiro atoms. The molecule has 10 heteroatoms. The van der Waals surface area contributed by atoms with E-state index in [9.17, 15) is 19.2 Å². The monoisotopic (exact) mass is 511 g/mol. The zero-order valence-electron chi connectivity index (χ0n) is 18.8. The molecule has 0 bridgehead atoms. The number of carbonyl (C=O) groups is 4. The topological polar surface area (TPSA) is 97.7 Å². The maximum atomic E-state index is 13.0. The molecule has 8 nitrogen and oxygen atoms in total. The van der Waals surface area contributed by atoms with Crippen LogP contribution in [0.15, 0.2) is 59.6 Å². The molecular weight excluding hydrogens is 490 g/mol. The van der Waals surface area contributed by atoms with Gasteiger partial charge in [-0.05, 0) is 48.2 Å². The molecule has 2 aromatic carbocycles. The van der Waals surface area contributed by atoms with Crippen LogP contribution in [0.3, 0.4) is 0 Å². The van der Waals surface area contributed by atoms with Gasteiger partial charge in [0, 0.05) is 46.9 Å². The minimum absolute atomic E-state index is 0.0924. The Morgan fingerprint density at radius 3 is 2.57 bits per heavy atom. The van der Waals surface area contributed by atoms with Crippen molar-refractivity contribution in [2.24, 2.45) is 0 Å². The highest BCUT2D eigenvalue weighted by atomic mass is 35.5. The first-order chi connectivity index (χ1) is 16.9. The molecule has 0 saturated carbocycles. The Labute approximate surface area is 210 Å². The predicted octanol–water partition coefficient (Wildman–Crippen LogP) is 3.98. The molecule has 3 aromatic rings. The summed E-state index contributed by atoms with van der Waals surface area (Å²) in [5.41, 5.74) is 1.88. The lowest BCUT2D eigenvalue weighted by molar-refractivity contribution is -0.123. The number of aromatic nitrogens is 1. The molecule has 1 fully saturated rings. The first-order valence-corrected chi connectivity index (χ1v) is 11.9. The molecule has 1 N–H and O–H groups in total. The van der Waals surface area contributed by atoms with E-state index in [1.54, 1.807) is 48.2 Å². The standard InChI is InChI=1S/C25H22ClN3O5S/c1-34-11-10-27-23(31)15-28-13-17(19-4-2-3-5-20(19)28)12-22-24(32)29(25(33)35-22)14-21(30)16-6-8-18(26)9-7-16/h2-9,12-13H,10-11,14-15H2,1H3,(H,27,31)/b22-12-. The zero-order chi connectivity index (χ0) is 24.9. The number of ketones is 1. The van der Waals surface area contributed by atoms with Crippen molar-refractivity contribution in [2.45, 2.75) is 6.54 Å². The zero-order valence-corrected chi connectivity index (χ0v) is 20.4. The number of methoxy groups -OCH3 is 1. The summed E-state index contributed by atoms with van der Waals surface area (Å²) < 4.78 is 6.74. The van der Waals surface area contributed by atoms with Crippen molar-refractivity contribution in [1.29, 1.82) is 0 Å². The molecule has 3 amide bonds. The number of amides is 3. The number of hydrogen-bond acceptors (Lipinski definition) is 6. The van der Waals surface area contributed by atoms with Gasteiger partial charge in [-0.3, -0.25) is 24.1 Å². The number of fused-ring (bicyclic) bond motifs is 1. The summed E-state index contributed by atoms with van der Waals surface area (Å²) in [7, 11) is 1.56. The molecule has 35 heavy (non-hydrogen) atoms. The van der Waals surface area contributed by atoms with Gasteiger partial charge in [-0.25, -0.2) is 0 Å². The Morgan fingerprint density at radius 1 is 1.09 bits per heavy atom. The smallest absolute Gasteiger partial charge is 0.293 e. The summed E-state index contributed by atoms with van der Waals surface area (Å²) in [4.78, 5) is 51.5. The number of carbonyl (C=O) groups excluding carboxylic acids is 4. The van der Waals surface area contributed by atoms with Crippen LogP contribution in [0, 0.1) is 0 Å². The fraction of sp³-hybridized carbons (Fsp3) is 0.200. The molecule has 0 unspecified atom stereocenters. The normalized spacial score (nSPS) is 14.8. The maximum Gasteiger partial charge on any atom is 0.293 e. The van der Waals surface area contributed by atoms with Crippen molar-refractivity contribution in [1.82, 2.24) is 14.8 Å². The summed E-state index contributed by atoms with van der Waals surface area (Å²) in [6, 6.07) is 13.8. The number of ether oxygens (including phenoxy) is 1. The number of thioether (sulfide) groups is 1. The molecule has 1 aliphatic heterocycles. The highest BCUT2D eigenvalue weighted by Crippen LogP contribution is 2.34. The highest BCUT2D eigenvalue weighted by molar-refractivity contribution is 8.18. The number of nitrogens with zero attached hydrogens (tertiary/aromatic N) is 2. The van der Waals surface area contributed by atoms with Gasteiger partial charge in [-0.1, -0.05) is 29.8 Å². The average molecular weight is 512 g/mol. The van der Waals surface area contributed by atoms with Crippen LogP contribution in [0.1, 0.15) is 15.9 Å². The summed E-state index contributed by atoms with van der Waals surface area (Å²) >= 11 is 6.64. The SMILES string of the molecule is COCCNC(=O)Cn1cc(/C=C2\SC(=O)N(CC(=O)c3ccc(Cl)cc3)C2=O)c2ccccc21. The molecule has 0 atom stereocenters. The quantitative estimate of drug-likeness (QED) is 0.265. The van der Waals surface area contributed by atoms with Gasteiger partial charge in [0.05, 0.1) is 18.1 Å². The van der Waals surface area contributed by atoms with Gasteiger partial charge in [0.2, 0.25) is 5.91 Å². The molecule has 1 aromatic heterocycles.